The van der Waals surface area contributed by atoms with E-state index in [0.717, 1.165) is 4.34 Å². The minimum Gasteiger partial charge on any atom is -0.127 e. The molecule has 0 N–H and O–H groups in total. The van der Waals surface area contributed by atoms with Crippen molar-refractivity contribution in [2.24, 2.45) is 0 Å². The lowest BCUT2D eigenvalue weighted by molar-refractivity contribution is 0.632. The number of halogens is 2. The molecule has 0 saturated carbocycles. The summed E-state index contributed by atoms with van der Waals surface area (Å²) in [6, 6.07) is 2.20. The fourth-order valence-electron chi connectivity index (χ4n) is 1.53. The standard InChI is InChI=1S/C12H18BrClS/c1-3-4-5-6-7-10(13)11-8-9(2)12(14)15-11/h8,10H,3-7H2,1-2H3. The summed E-state index contributed by atoms with van der Waals surface area (Å²) < 4.78 is 0.933. The second kappa shape index (κ2) is 6.93. The maximum Gasteiger partial charge on any atom is 0.0960 e. The van der Waals surface area contributed by atoms with Crippen molar-refractivity contribution in [3.05, 3.63) is 20.8 Å². The van der Waals surface area contributed by atoms with Crippen molar-refractivity contribution < 1.29 is 0 Å². The minimum absolute atomic E-state index is 0.491. The van der Waals surface area contributed by atoms with Crippen molar-refractivity contribution in [2.45, 2.75) is 50.8 Å². The summed E-state index contributed by atoms with van der Waals surface area (Å²) >= 11 is 11.5. The van der Waals surface area contributed by atoms with Crippen molar-refractivity contribution in [3.8, 4) is 0 Å². The Morgan fingerprint density at radius 1 is 1.40 bits per heavy atom. The van der Waals surface area contributed by atoms with Crippen LogP contribution in [0.15, 0.2) is 6.07 Å². The number of thiophene rings is 1. The largest absolute Gasteiger partial charge is 0.127 e. The van der Waals surface area contributed by atoms with E-state index in [0.29, 0.717) is 4.83 Å². The molecule has 86 valence electrons. The highest BCUT2D eigenvalue weighted by molar-refractivity contribution is 9.09. The van der Waals surface area contributed by atoms with Crippen LogP contribution < -0.4 is 0 Å². The zero-order valence-electron chi connectivity index (χ0n) is 9.35. The Bertz CT molecular complexity index is 276. The quantitative estimate of drug-likeness (QED) is 0.439. The highest BCUT2D eigenvalue weighted by Gasteiger charge is 2.11. The van der Waals surface area contributed by atoms with E-state index in [1.54, 1.807) is 11.3 Å². The molecule has 0 nitrogen and oxygen atoms in total. The Hall–Kier alpha value is 0.470. The molecule has 1 aromatic heterocycles. The molecule has 0 aromatic carbocycles. The molecule has 1 atom stereocenters. The molecule has 1 aromatic rings. The number of unbranched alkanes of at least 4 members (excludes halogenated alkanes) is 3. The van der Waals surface area contributed by atoms with E-state index < -0.39 is 0 Å². The third-order valence-corrected chi connectivity index (χ3v) is 5.42. The van der Waals surface area contributed by atoms with Crippen LogP contribution in [0.4, 0.5) is 0 Å². The lowest BCUT2D eigenvalue weighted by atomic mass is 10.1. The van der Waals surface area contributed by atoms with E-state index in [2.05, 4.69) is 35.8 Å². The van der Waals surface area contributed by atoms with Gasteiger partial charge in [0.15, 0.2) is 0 Å². The molecule has 0 aliphatic carbocycles. The van der Waals surface area contributed by atoms with Crippen molar-refractivity contribution in [2.75, 3.05) is 0 Å². The minimum atomic E-state index is 0.491. The fraction of sp³-hybridized carbons (Fsp3) is 0.667. The van der Waals surface area contributed by atoms with Gasteiger partial charge in [-0.2, -0.15) is 0 Å². The van der Waals surface area contributed by atoms with Gasteiger partial charge < -0.3 is 0 Å². The second-order valence-corrected chi connectivity index (χ2v) is 6.71. The van der Waals surface area contributed by atoms with E-state index in [1.165, 1.54) is 42.5 Å². The second-order valence-electron chi connectivity index (χ2n) is 3.92. The molecule has 0 aliphatic rings. The Kier molecular flexibility index (Phi) is 6.25. The topological polar surface area (TPSA) is 0 Å². The van der Waals surface area contributed by atoms with Gasteiger partial charge >= 0.3 is 0 Å². The van der Waals surface area contributed by atoms with Crippen molar-refractivity contribution in [1.82, 2.24) is 0 Å². The first-order valence-corrected chi connectivity index (χ1v) is 7.66. The fourth-order valence-corrected chi connectivity index (χ4v) is 3.50. The van der Waals surface area contributed by atoms with Crippen LogP contribution in [0.25, 0.3) is 0 Å². The number of aryl methyl sites for hydroxylation is 1. The van der Waals surface area contributed by atoms with Crippen molar-refractivity contribution in [3.63, 3.8) is 0 Å². The predicted octanol–water partition coefficient (Wildman–Crippen LogP) is 6.12. The smallest absolute Gasteiger partial charge is 0.0960 e. The lowest BCUT2D eigenvalue weighted by Crippen LogP contribution is -1.86. The summed E-state index contributed by atoms with van der Waals surface area (Å²) in [4.78, 5) is 1.86. The first-order chi connectivity index (χ1) is 7.15. The molecule has 0 aliphatic heterocycles. The monoisotopic (exact) mass is 308 g/mol. The van der Waals surface area contributed by atoms with Gasteiger partial charge in [0.1, 0.15) is 0 Å². The molecule has 15 heavy (non-hydrogen) atoms. The van der Waals surface area contributed by atoms with E-state index >= 15 is 0 Å². The SMILES string of the molecule is CCCCCCC(Br)c1cc(C)c(Cl)s1. The average Bonchev–Trinajstić information content (AvgIpc) is 2.54. The molecule has 3 heteroatoms. The molecular weight excluding hydrogens is 292 g/mol. The first-order valence-electron chi connectivity index (χ1n) is 5.55. The molecule has 0 bridgehead atoms. The summed E-state index contributed by atoms with van der Waals surface area (Å²) in [5, 5.41) is 0. The van der Waals surface area contributed by atoms with Crippen LogP contribution in [-0.2, 0) is 0 Å². The van der Waals surface area contributed by atoms with E-state index in [1.807, 2.05) is 0 Å². The third-order valence-electron chi connectivity index (χ3n) is 2.50. The number of alkyl halides is 1. The Morgan fingerprint density at radius 2 is 2.13 bits per heavy atom. The van der Waals surface area contributed by atoms with Gasteiger partial charge in [-0.3, -0.25) is 0 Å². The number of hydrogen-bond acceptors (Lipinski definition) is 1. The van der Waals surface area contributed by atoms with Gasteiger partial charge in [0, 0.05) is 9.70 Å². The maximum absolute atomic E-state index is 6.05. The van der Waals surface area contributed by atoms with Crippen LogP contribution in [0.2, 0.25) is 4.34 Å². The molecule has 1 unspecified atom stereocenters. The molecule has 0 spiro atoms. The van der Waals surface area contributed by atoms with Crippen LogP contribution >= 0.6 is 38.9 Å². The van der Waals surface area contributed by atoms with Crippen LogP contribution in [0.3, 0.4) is 0 Å². The summed E-state index contributed by atoms with van der Waals surface area (Å²) in [7, 11) is 0. The lowest BCUT2D eigenvalue weighted by Gasteiger charge is -2.06. The van der Waals surface area contributed by atoms with Crippen LogP contribution in [0, 0.1) is 6.92 Å². The molecule has 0 radical (unpaired) electrons. The average molecular weight is 310 g/mol. The molecule has 1 heterocycles. The van der Waals surface area contributed by atoms with Gasteiger partial charge in [0.2, 0.25) is 0 Å². The highest BCUT2D eigenvalue weighted by atomic mass is 79.9. The number of rotatable bonds is 6. The first kappa shape index (κ1) is 13.5. The van der Waals surface area contributed by atoms with Gasteiger partial charge in [-0.15, -0.1) is 11.3 Å². The van der Waals surface area contributed by atoms with Gasteiger partial charge in [-0.1, -0.05) is 60.1 Å². The predicted molar refractivity (Wildman–Crippen MR) is 74.5 cm³/mol. The number of hydrogen-bond donors (Lipinski definition) is 0. The van der Waals surface area contributed by atoms with E-state index in [4.69, 9.17) is 11.6 Å². The Balaban J connectivity index is 2.36. The van der Waals surface area contributed by atoms with Gasteiger partial charge in [0.05, 0.1) is 4.34 Å². The van der Waals surface area contributed by atoms with Crippen LogP contribution in [0.1, 0.15) is 54.3 Å². The Labute approximate surface area is 110 Å². The summed E-state index contributed by atoms with van der Waals surface area (Å²) in [6.07, 6.45) is 6.52. The molecule has 1 rings (SSSR count). The Morgan fingerprint density at radius 3 is 2.67 bits per heavy atom. The van der Waals surface area contributed by atoms with Gasteiger partial charge in [-0.25, -0.2) is 0 Å². The maximum atomic E-state index is 6.05. The van der Waals surface area contributed by atoms with Crippen molar-refractivity contribution in [1.29, 1.82) is 0 Å². The summed E-state index contributed by atoms with van der Waals surface area (Å²) in [5.41, 5.74) is 1.20. The molecular formula is C12H18BrClS. The van der Waals surface area contributed by atoms with Crippen molar-refractivity contribution >= 4 is 38.9 Å². The summed E-state index contributed by atoms with van der Waals surface area (Å²) in [6.45, 7) is 4.31. The molecule has 0 amide bonds. The van der Waals surface area contributed by atoms with Crippen LogP contribution in [-0.4, -0.2) is 0 Å². The van der Waals surface area contributed by atoms with E-state index in [-0.39, 0.29) is 0 Å². The normalized spacial score (nSPS) is 13.1. The van der Waals surface area contributed by atoms with E-state index in [9.17, 15) is 0 Å². The molecule has 0 fully saturated rings. The highest BCUT2D eigenvalue weighted by Crippen LogP contribution is 2.37. The zero-order chi connectivity index (χ0) is 11.3. The van der Waals surface area contributed by atoms with Gasteiger partial charge in [-0.05, 0) is 25.0 Å². The zero-order valence-corrected chi connectivity index (χ0v) is 12.5. The molecule has 0 saturated heterocycles. The summed E-state index contributed by atoms with van der Waals surface area (Å²) in [5.74, 6) is 0. The third kappa shape index (κ3) is 4.46. The van der Waals surface area contributed by atoms with Crippen LogP contribution in [0.5, 0.6) is 0 Å². The van der Waals surface area contributed by atoms with Gasteiger partial charge in [0.25, 0.3) is 0 Å².